The first kappa shape index (κ1) is 14.6. The maximum absolute atomic E-state index is 12.2. The first-order valence-corrected chi connectivity index (χ1v) is 8.65. The number of fused-ring (bicyclic) bond motifs is 1. The van der Waals surface area contributed by atoms with Crippen LogP contribution in [-0.2, 0) is 29.2 Å². The van der Waals surface area contributed by atoms with Crippen LogP contribution in [0.4, 0.5) is 0 Å². The van der Waals surface area contributed by atoms with E-state index in [9.17, 15) is 8.42 Å². The topological polar surface area (TPSA) is 52.0 Å². The van der Waals surface area contributed by atoms with Gasteiger partial charge < -0.3 is 4.57 Å². The zero-order chi connectivity index (χ0) is 14.3. The van der Waals surface area contributed by atoms with Gasteiger partial charge in [0.2, 0.25) is 0 Å². The number of sulfone groups is 1. The largest absolute Gasteiger partial charge is 0.331 e. The molecule has 1 aromatic heterocycles. The van der Waals surface area contributed by atoms with Crippen LogP contribution in [0.3, 0.4) is 0 Å². The van der Waals surface area contributed by atoms with Gasteiger partial charge in [0.05, 0.1) is 16.2 Å². The number of imidazole rings is 1. The SMILES string of the molecule is Cc1nc2c(n1CCS(=O)(=O)C(C)(C)C)CCCC2. The molecular formula is C14H24N2O2S. The average molecular weight is 284 g/mol. The van der Waals surface area contributed by atoms with Crippen LogP contribution in [0.1, 0.15) is 50.8 Å². The summed E-state index contributed by atoms with van der Waals surface area (Å²) in [7, 11) is -3.07. The third-order valence-electron chi connectivity index (χ3n) is 3.94. The fraction of sp³-hybridized carbons (Fsp3) is 0.786. The highest BCUT2D eigenvalue weighted by molar-refractivity contribution is 7.92. The number of aryl methyl sites for hydroxylation is 2. The van der Waals surface area contributed by atoms with Gasteiger partial charge in [-0.05, 0) is 53.4 Å². The van der Waals surface area contributed by atoms with Gasteiger partial charge in [0.1, 0.15) is 5.82 Å². The summed E-state index contributed by atoms with van der Waals surface area (Å²) in [5, 5.41) is 0. The molecule has 0 spiro atoms. The summed E-state index contributed by atoms with van der Waals surface area (Å²) in [6, 6.07) is 0. The lowest BCUT2D eigenvalue weighted by Crippen LogP contribution is -2.32. The minimum absolute atomic E-state index is 0.195. The number of aromatic nitrogens is 2. The Morgan fingerprint density at radius 3 is 2.47 bits per heavy atom. The summed E-state index contributed by atoms with van der Waals surface area (Å²) in [4.78, 5) is 4.58. The van der Waals surface area contributed by atoms with Crippen molar-refractivity contribution in [1.29, 1.82) is 0 Å². The van der Waals surface area contributed by atoms with E-state index < -0.39 is 14.6 Å². The van der Waals surface area contributed by atoms with Crippen molar-refractivity contribution in [2.75, 3.05) is 5.75 Å². The Bertz CT molecular complexity index is 565. The summed E-state index contributed by atoms with van der Waals surface area (Å²) in [6.07, 6.45) is 4.45. The molecule has 0 radical (unpaired) electrons. The third kappa shape index (κ3) is 2.86. The molecule has 4 nitrogen and oxygen atoms in total. The van der Waals surface area contributed by atoms with Gasteiger partial charge in [-0.1, -0.05) is 0 Å². The molecule has 0 unspecified atom stereocenters. The highest BCUT2D eigenvalue weighted by atomic mass is 32.2. The van der Waals surface area contributed by atoms with E-state index in [-0.39, 0.29) is 5.75 Å². The van der Waals surface area contributed by atoms with E-state index in [2.05, 4.69) is 9.55 Å². The third-order valence-corrected chi connectivity index (χ3v) is 6.53. The lowest BCUT2D eigenvalue weighted by molar-refractivity contribution is 0.548. The van der Waals surface area contributed by atoms with Gasteiger partial charge in [-0.3, -0.25) is 0 Å². The van der Waals surface area contributed by atoms with Crippen molar-refractivity contribution in [3.05, 3.63) is 17.2 Å². The summed E-state index contributed by atoms with van der Waals surface area (Å²) in [5.74, 6) is 1.15. The Kier molecular flexibility index (Phi) is 3.78. The second-order valence-electron chi connectivity index (χ2n) is 6.34. The molecule has 5 heteroatoms. The zero-order valence-corrected chi connectivity index (χ0v) is 13.2. The van der Waals surface area contributed by atoms with Gasteiger partial charge in [-0.25, -0.2) is 13.4 Å². The first-order valence-electron chi connectivity index (χ1n) is 6.99. The van der Waals surface area contributed by atoms with E-state index in [1.165, 1.54) is 24.2 Å². The molecule has 1 aromatic rings. The molecule has 0 atom stereocenters. The molecule has 0 amide bonds. The van der Waals surface area contributed by atoms with Crippen LogP contribution in [0, 0.1) is 6.92 Å². The van der Waals surface area contributed by atoms with E-state index in [4.69, 9.17) is 0 Å². The number of hydrogen-bond donors (Lipinski definition) is 0. The molecular weight excluding hydrogens is 260 g/mol. The van der Waals surface area contributed by atoms with Crippen molar-refractivity contribution in [1.82, 2.24) is 9.55 Å². The van der Waals surface area contributed by atoms with Crippen LogP contribution in [0.25, 0.3) is 0 Å². The van der Waals surface area contributed by atoms with Crippen LogP contribution in [0.5, 0.6) is 0 Å². The van der Waals surface area contributed by atoms with E-state index in [0.29, 0.717) is 6.54 Å². The average Bonchev–Trinajstić information content (AvgIpc) is 2.60. The van der Waals surface area contributed by atoms with Crippen molar-refractivity contribution in [2.24, 2.45) is 0 Å². The van der Waals surface area contributed by atoms with Gasteiger partial charge in [-0.2, -0.15) is 0 Å². The van der Waals surface area contributed by atoms with Gasteiger partial charge in [0.25, 0.3) is 0 Å². The van der Waals surface area contributed by atoms with Gasteiger partial charge in [-0.15, -0.1) is 0 Å². The molecule has 0 aromatic carbocycles. The fourth-order valence-corrected chi connectivity index (χ4v) is 3.59. The smallest absolute Gasteiger partial charge is 0.156 e. The highest BCUT2D eigenvalue weighted by Crippen LogP contribution is 2.23. The van der Waals surface area contributed by atoms with E-state index in [1.807, 2.05) is 6.92 Å². The molecule has 1 heterocycles. The van der Waals surface area contributed by atoms with Crippen molar-refractivity contribution in [3.8, 4) is 0 Å². The maximum atomic E-state index is 12.2. The Morgan fingerprint density at radius 2 is 1.84 bits per heavy atom. The van der Waals surface area contributed by atoms with E-state index in [0.717, 1.165) is 18.7 Å². The van der Waals surface area contributed by atoms with E-state index in [1.54, 1.807) is 20.8 Å². The standard InChI is InChI=1S/C14H24N2O2S/c1-11-15-12-7-5-6-8-13(12)16(11)9-10-19(17,18)14(2,3)4/h5-10H2,1-4H3. The fourth-order valence-electron chi connectivity index (χ4n) is 2.55. The monoisotopic (exact) mass is 284 g/mol. The predicted octanol–water partition coefficient (Wildman–Crippen LogP) is 2.28. The van der Waals surface area contributed by atoms with Crippen LogP contribution in [-0.4, -0.2) is 28.5 Å². The first-order chi connectivity index (χ1) is 8.72. The molecule has 1 aliphatic rings. The second kappa shape index (κ2) is 4.93. The predicted molar refractivity (Wildman–Crippen MR) is 77.1 cm³/mol. The van der Waals surface area contributed by atoms with Crippen LogP contribution >= 0.6 is 0 Å². The summed E-state index contributed by atoms with van der Waals surface area (Å²) >= 11 is 0. The van der Waals surface area contributed by atoms with Gasteiger partial charge in [0.15, 0.2) is 9.84 Å². The molecule has 0 fully saturated rings. The summed E-state index contributed by atoms with van der Waals surface area (Å²) in [5.41, 5.74) is 2.43. The number of nitrogens with zero attached hydrogens (tertiary/aromatic N) is 2. The van der Waals surface area contributed by atoms with Gasteiger partial charge in [0, 0.05) is 12.2 Å². The summed E-state index contributed by atoms with van der Waals surface area (Å²) in [6.45, 7) is 7.80. The quantitative estimate of drug-likeness (QED) is 0.855. The Hall–Kier alpha value is -0.840. The van der Waals surface area contributed by atoms with Crippen molar-refractivity contribution >= 4 is 9.84 Å². The number of rotatable bonds is 3. The molecule has 2 rings (SSSR count). The number of hydrogen-bond acceptors (Lipinski definition) is 3. The molecule has 0 aliphatic heterocycles. The summed E-state index contributed by atoms with van der Waals surface area (Å²) < 4.78 is 25.8. The second-order valence-corrected chi connectivity index (χ2v) is 9.20. The lowest BCUT2D eigenvalue weighted by Gasteiger charge is -2.20. The molecule has 0 saturated heterocycles. The minimum atomic E-state index is -3.07. The van der Waals surface area contributed by atoms with Crippen LogP contribution in [0.2, 0.25) is 0 Å². The van der Waals surface area contributed by atoms with Crippen LogP contribution < -0.4 is 0 Å². The minimum Gasteiger partial charge on any atom is -0.331 e. The Labute approximate surface area is 116 Å². The molecule has 0 bridgehead atoms. The molecule has 0 saturated carbocycles. The molecule has 1 aliphatic carbocycles. The zero-order valence-electron chi connectivity index (χ0n) is 12.4. The molecule has 0 N–H and O–H groups in total. The normalized spacial score (nSPS) is 16.4. The van der Waals surface area contributed by atoms with E-state index >= 15 is 0 Å². The molecule has 19 heavy (non-hydrogen) atoms. The maximum Gasteiger partial charge on any atom is 0.156 e. The van der Waals surface area contributed by atoms with Crippen LogP contribution in [0.15, 0.2) is 0 Å². The highest BCUT2D eigenvalue weighted by Gasteiger charge is 2.29. The Morgan fingerprint density at radius 1 is 1.21 bits per heavy atom. The van der Waals surface area contributed by atoms with Crippen molar-refractivity contribution in [2.45, 2.75) is 64.7 Å². The van der Waals surface area contributed by atoms with Gasteiger partial charge >= 0.3 is 0 Å². The molecule has 108 valence electrons. The Balaban J connectivity index is 2.19. The van der Waals surface area contributed by atoms with Crippen molar-refractivity contribution < 1.29 is 8.42 Å². The van der Waals surface area contributed by atoms with Crippen molar-refractivity contribution in [3.63, 3.8) is 0 Å². The lowest BCUT2D eigenvalue weighted by atomic mass is 10.0.